The Balaban J connectivity index is 1.44. The summed E-state index contributed by atoms with van der Waals surface area (Å²) in [6.07, 6.45) is 5.43. The Bertz CT molecular complexity index is 1100. The second-order valence-corrected chi connectivity index (χ2v) is 9.60. The fourth-order valence-corrected chi connectivity index (χ4v) is 5.31. The molecule has 0 N–H and O–H groups in total. The Morgan fingerprint density at radius 3 is 2.52 bits per heavy atom. The molecular formula is C22H26N4O2S. The van der Waals surface area contributed by atoms with Gasteiger partial charge in [0.05, 0.1) is 6.33 Å². The van der Waals surface area contributed by atoms with Crippen LogP contribution in [0.2, 0.25) is 0 Å². The molecule has 1 aromatic carbocycles. The first kappa shape index (κ1) is 19.8. The molecule has 4 rings (SSSR count). The summed E-state index contributed by atoms with van der Waals surface area (Å²) in [5, 5.41) is 0.122. The van der Waals surface area contributed by atoms with E-state index >= 15 is 0 Å². The molecule has 0 amide bonds. The van der Waals surface area contributed by atoms with E-state index in [2.05, 4.69) is 54.4 Å². The normalized spacial score (nSPS) is 16.2. The zero-order valence-electron chi connectivity index (χ0n) is 16.8. The van der Waals surface area contributed by atoms with E-state index in [1.165, 1.54) is 17.5 Å². The summed E-state index contributed by atoms with van der Waals surface area (Å²) in [4.78, 5) is 8.92. The number of pyridine rings is 1. The zero-order valence-corrected chi connectivity index (χ0v) is 17.6. The van der Waals surface area contributed by atoms with E-state index in [9.17, 15) is 8.42 Å². The number of hydrogen-bond donors (Lipinski definition) is 0. The van der Waals surface area contributed by atoms with Gasteiger partial charge in [-0.05, 0) is 43.0 Å². The number of rotatable bonds is 5. The zero-order chi connectivity index (χ0) is 20.4. The maximum Gasteiger partial charge on any atom is 0.262 e. The van der Waals surface area contributed by atoms with Crippen molar-refractivity contribution in [3.8, 4) is 0 Å². The maximum absolute atomic E-state index is 12.8. The highest BCUT2D eigenvalue weighted by Gasteiger charge is 2.31. The van der Waals surface area contributed by atoms with Crippen molar-refractivity contribution in [1.82, 2.24) is 18.8 Å². The summed E-state index contributed by atoms with van der Waals surface area (Å²) in [5.74, 6) is 0.280. The van der Waals surface area contributed by atoms with Crippen LogP contribution < -0.4 is 0 Å². The van der Waals surface area contributed by atoms with E-state index in [0.717, 1.165) is 30.7 Å². The molecule has 0 aliphatic carbocycles. The summed E-state index contributed by atoms with van der Waals surface area (Å²) in [6.45, 7) is 3.11. The van der Waals surface area contributed by atoms with E-state index in [4.69, 9.17) is 4.98 Å². The predicted molar refractivity (Wildman–Crippen MR) is 112 cm³/mol. The van der Waals surface area contributed by atoms with Gasteiger partial charge in [0.2, 0.25) is 0 Å². The molecule has 0 bridgehead atoms. The third kappa shape index (κ3) is 4.26. The molecule has 152 valence electrons. The van der Waals surface area contributed by atoms with Crippen LogP contribution in [0.15, 0.2) is 60.0 Å². The van der Waals surface area contributed by atoms with Gasteiger partial charge in [-0.2, -0.15) is 4.31 Å². The Labute approximate surface area is 172 Å². The van der Waals surface area contributed by atoms with Gasteiger partial charge in [0.25, 0.3) is 10.0 Å². The second-order valence-electron chi connectivity index (χ2n) is 7.71. The smallest absolute Gasteiger partial charge is 0.262 e. The van der Waals surface area contributed by atoms with Gasteiger partial charge < -0.3 is 4.57 Å². The van der Waals surface area contributed by atoms with Crippen molar-refractivity contribution in [2.24, 2.45) is 7.05 Å². The topological polar surface area (TPSA) is 68.1 Å². The summed E-state index contributed by atoms with van der Waals surface area (Å²) >= 11 is 0. The fraction of sp³-hybridized carbons (Fsp3) is 0.364. The third-order valence-corrected chi connectivity index (χ3v) is 7.40. The highest BCUT2D eigenvalue weighted by atomic mass is 32.2. The van der Waals surface area contributed by atoms with Gasteiger partial charge in [-0.1, -0.05) is 30.3 Å². The first-order valence-electron chi connectivity index (χ1n) is 9.92. The highest BCUT2D eigenvalue weighted by molar-refractivity contribution is 7.89. The van der Waals surface area contributed by atoms with Crippen molar-refractivity contribution in [2.45, 2.75) is 37.1 Å². The number of benzene rings is 1. The van der Waals surface area contributed by atoms with Crippen molar-refractivity contribution in [2.75, 3.05) is 13.1 Å². The number of imidazole rings is 1. The van der Waals surface area contributed by atoms with E-state index in [1.807, 2.05) is 0 Å². The van der Waals surface area contributed by atoms with Crippen LogP contribution in [0.3, 0.4) is 0 Å². The van der Waals surface area contributed by atoms with E-state index in [-0.39, 0.29) is 10.9 Å². The van der Waals surface area contributed by atoms with Crippen molar-refractivity contribution < 1.29 is 8.42 Å². The number of piperidine rings is 1. The lowest BCUT2D eigenvalue weighted by atomic mass is 9.93. The summed E-state index contributed by atoms with van der Waals surface area (Å²) < 4.78 is 28.7. The molecule has 2 aromatic heterocycles. The van der Waals surface area contributed by atoms with Crippen molar-refractivity contribution in [3.05, 3.63) is 77.5 Å². The molecule has 0 atom stereocenters. The van der Waals surface area contributed by atoms with Crippen LogP contribution in [0.4, 0.5) is 0 Å². The lowest BCUT2D eigenvalue weighted by Crippen LogP contribution is -2.38. The van der Waals surface area contributed by atoms with Crippen LogP contribution in [0.5, 0.6) is 0 Å². The van der Waals surface area contributed by atoms with Gasteiger partial charge in [-0.25, -0.2) is 13.4 Å². The second kappa shape index (κ2) is 8.08. The van der Waals surface area contributed by atoms with Crippen LogP contribution in [-0.4, -0.2) is 40.3 Å². The molecule has 0 unspecified atom stereocenters. The van der Waals surface area contributed by atoms with Gasteiger partial charge >= 0.3 is 0 Å². The number of nitrogens with zero attached hydrogens (tertiary/aromatic N) is 4. The SMILES string of the molecule is Cc1ccccc1Cc1cccc(C2CCN(S(=O)(=O)c3cn(C)cn3)CC2)n1. The molecule has 1 aliphatic rings. The first-order chi connectivity index (χ1) is 13.9. The van der Waals surface area contributed by atoms with Crippen molar-refractivity contribution in [1.29, 1.82) is 0 Å². The molecule has 7 heteroatoms. The summed E-state index contributed by atoms with van der Waals surface area (Å²) in [5.41, 5.74) is 4.67. The summed E-state index contributed by atoms with van der Waals surface area (Å²) in [6, 6.07) is 14.6. The molecule has 3 aromatic rings. The predicted octanol–water partition coefficient (Wildman–Crippen LogP) is 3.28. The van der Waals surface area contributed by atoms with Gasteiger partial charge in [0, 0.05) is 50.1 Å². The Morgan fingerprint density at radius 2 is 1.83 bits per heavy atom. The third-order valence-electron chi connectivity index (χ3n) is 5.62. The fourth-order valence-electron chi connectivity index (χ4n) is 3.87. The highest BCUT2D eigenvalue weighted by Crippen LogP contribution is 2.29. The molecule has 0 radical (unpaired) electrons. The van der Waals surface area contributed by atoms with Gasteiger partial charge in [0.15, 0.2) is 5.03 Å². The number of aryl methyl sites for hydroxylation is 2. The first-order valence-corrected chi connectivity index (χ1v) is 11.4. The molecule has 0 saturated carbocycles. The van der Waals surface area contributed by atoms with E-state index < -0.39 is 10.0 Å². The van der Waals surface area contributed by atoms with E-state index in [0.29, 0.717) is 13.1 Å². The van der Waals surface area contributed by atoms with Gasteiger partial charge in [-0.3, -0.25) is 4.98 Å². The van der Waals surface area contributed by atoms with Crippen LogP contribution >= 0.6 is 0 Å². The quantitative estimate of drug-likeness (QED) is 0.647. The maximum atomic E-state index is 12.8. The Hall–Kier alpha value is -2.51. The minimum atomic E-state index is -3.52. The average Bonchev–Trinajstić information content (AvgIpc) is 3.17. The van der Waals surface area contributed by atoms with Crippen LogP contribution in [-0.2, 0) is 23.5 Å². The van der Waals surface area contributed by atoms with Crippen molar-refractivity contribution in [3.63, 3.8) is 0 Å². The van der Waals surface area contributed by atoms with Gasteiger partial charge in [-0.15, -0.1) is 0 Å². The standard InChI is InChI=1S/C22H26N4O2S/c1-17-6-3-4-7-19(17)14-20-8-5-9-21(24-20)18-10-12-26(13-11-18)29(27,28)22-15-25(2)16-23-22/h3-9,15-16,18H,10-14H2,1-2H3. The molecule has 1 fully saturated rings. The number of aromatic nitrogens is 3. The molecule has 1 aliphatic heterocycles. The Morgan fingerprint density at radius 1 is 1.07 bits per heavy atom. The molecule has 3 heterocycles. The average molecular weight is 411 g/mol. The summed E-state index contributed by atoms with van der Waals surface area (Å²) in [7, 11) is -1.75. The molecular weight excluding hydrogens is 384 g/mol. The van der Waals surface area contributed by atoms with Crippen LogP contribution in [0.1, 0.15) is 41.3 Å². The molecule has 1 saturated heterocycles. The van der Waals surface area contributed by atoms with Crippen LogP contribution in [0.25, 0.3) is 0 Å². The molecule has 6 nitrogen and oxygen atoms in total. The van der Waals surface area contributed by atoms with Crippen molar-refractivity contribution >= 4 is 10.0 Å². The lowest BCUT2D eigenvalue weighted by Gasteiger charge is -2.30. The van der Waals surface area contributed by atoms with E-state index in [1.54, 1.807) is 22.1 Å². The number of hydrogen-bond acceptors (Lipinski definition) is 4. The number of sulfonamides is 1. The molecule has 0 spiro atoms. The minimum Gasteiger partial charge on any atom is -0.339 e. The monoisotopic (exact) mass is 410 g/mol. The van der Waals surface area contributed by atoms with Gasteiger partial charge in [0.1, 0.15) is 0 Å². The lowest BCUT2D eigenvalue weighted by molar-refractivity contribution is 0.316. The largest absolute Gasteiger partial charge is 0.339 e. The minimum absolute atomic E-state index is 0.122. The Kier molecular flexibility index (Phi) is 5.52. The molecule has 29 heavy (non-hydrogen) atoms. The van der Waals surface area contributed by atoms with Crippen LogP contribution in [0, 0.1) is 6.92 Å².